The Bertz CT molecular complexity index is 1500. The van der Waals surface area contributed by atoms with Crippen molar-refractivity contribution in [2.24, 2.45) is 7.05 Å². The van der Waals surface area contributed by atoms with E-state index < -0.39 is 0 Å². The van der Waals surface area contributed by atoms with E-state index in [-0.39, 0.29) is 18.1 Å². The second kappa shape index (κ2) is 13.4. The normalized spacial score (nSPS) is 18.7. The summed E-state index contributed by atoms with van der Waals surface area (Å²) in [6.45, 7) is 3.31. The molecule has 3 heterocycles. The number of carbonyl (C=O) groups is 1. The van der Waals surface area contributed by atoms with E-state index in [0.29, 0.717) is 30.7 Å². The maximum atomic E-state index is 13.7. The van der Waals surface area contributed by atoms with Gasteiger partial charge in [-0.3, -0.25) is 9.58 Å². The maximum absolute atomic E-state index is 13.7. The van der Waals surface area contributed by atoms with E-state index >= 15 is 0 Å². The van der Waals surface area contributed by atoms with Crippen molar-refractivity contribution in [1.29, 1.82) is 0 Å². The van der Waals surface area contributed by atoms with Crippen LogP contribution in [0.3, 0.4) is 0 Å². The van der Waals surface area contributed by atoms with Gasteiger partial charge in [-0.25, -0.2) is 9.78 Å². The van der Waals surface area contributed by atoms with Crippen molar-refractivity contribution in [1.82, 2.24) is 25.1 Å². The number of rotatable bonds is 8. The number of nitrogens with zero attached hydrogens (tertiary/aromatic N) is 6. The third-order valence-electron chi connectivity index (χ3n) is 8.12. The minimum atomic E-state index is -0.0921. The Kier molecular flexibility index (Phi) is 9.04. The van der Waals surface area contributed by atoms with Gasteiger partial charge in [-0.15, -0.1) is 0 Å². The molecule has 0 atom stereocenters. The van der Waals surface area contributed by atoms with Crippen LogP contribution >= 0.6 is 11.6 Å². The molecule has 6 rings (SSSR count). The molecule has 2 aromatic heterocycles. The van der Waals surface area contributed by atoms with Crippen LogP contribution in [0.15, 0.2) is 73.2 Å². The fourth-order valence-corrected chi connectivity index (χ4v) is 6.03. The van der Waals surface area contributed by atoms with Gasteiger partial charge in [0.05, 0.1) is 25.6 Å². The highest BCUT2D eigenvalue weighted by atomic mass is 35.5. The lowest BCUT2D eigenvalue weighted by Gasteiger charge is -2.37. The predicted octanol–water partition coefficient (Wildman–Crippen LogP) is 5.51. The maximum Gasteiger partial charge on any atom is 0.322 e. The molecule has 10 nitrogen and oxygen atoms in total. The zero-order valence-electron chi connectivity index (χ0n) is 24.3. The van der Waals surface area contributed by atoms with Gasteiger partial charge in [0.2, 0.25) is 5.95 Å². The first-order valence-corrected chi connectivity index (χ1v) is 15.2. The van der Waals surface area contributed by atoms with Crippen molar-refractivity contribution in [3.8, 4) is 11.1 Å². The molecule has 2 amide bonds. The first-order valence-electron chi connectivity index (χ1n) is 14.9. The number of ether oxygens (including phenoxy) is 1. The van der Waals surface area contributed by atoms with E-state index in [1.54, 1.807) is 10.9 Å². The molecule has 2 fully saturated rings. The largest absolute Gasteiger partial charge is 0.378 e. The van der Waals surface area contributed by atoms with Crippen molar-refractivity contribution in [2.45, 2.75) is 44.3 Å². The van der Waals surface area contributed by atoms with Crippen LogP contribution in [0.4, 0.5) is 22.2 Å². The molecule has 1 saturated heterocycles. The van der Waals surface area contributed by atoms with Gasteiger partial charge in [0, 0.05) is 56.2 Å². The Morgan fingerprint density at radius 1 is 1.00 bits per heavy atom. The third-order valence-corrected chi connectivity index (χ3v) is 8.39. The molecule has 11 heteroatoms. The summed E-state index contributed by atoms with van der Waals surface area (Å²) >= 11 is 6.44. The SMILES string of the molecule is Cn1cc(-c2ccc(N(C(=O)NCc3ccccc3)[C@H]3CC[C@H](Nc4ncc(Cl)c(N5CCOCC5)n4)CC3)cc2)cn1. The molecule has 2 aliphatic rings. The van der Waals surface area contributed by atoms with Crippen LogP contribution in [0.5, 0.6) is 0 Å². The average Bonchev–Trinajstić information content (AvgIpc) is 3.49. The van der Waals surface area contributed by atoms with Crippen LogP contribution in [0, 0.1) is 0 Å². The summed E-state index contributed by atoms with van der Waals surface area (Å²) in [6, 6.07) is 18.3. The lowest BCUT2D eigenvalue weighted by Crippen LogP contribution is -2.48. The first-order chi connectivity index (χ1) is 21.0. The Hall–Kier alpha value is -4.15. The molecular weight excluding hydrogens is 564 g/mol. The number of morpholine rings is 1. The number of benzene rings is 2. The monoisotopic (exact) mass is 600 g/mol. The number of aryl methyl sites for hydroxylation is 1. The second-order valence-corrected chi connectivity index (χ2v) is 11.5. The molecule has 0 unspecified atom stereocenters. The van der Waals surface area contributed by atoms with Gasteiger partial charge >= 0.3 is 6.03 Å². The van der Waals surface area contributed by atoms with Crippen molar-refractivity contribution in [2.75, 3.05) is 41.4 Å². The molecule has 1 aliphatic carbocycles. The van der Waals surface area contributed by atoms with E-state index in [9.17, 15) is 4.79 Å². The summed E-state index contributed by atoms with van der Waals surface area (Å²) in [5.74, 6) is 1.32. The summed E-state index contributed by atoms with van der Waals surface area (Å²) in [7, 11) is 1.91. The fraction of sp³-hybridized carbons (Fsp3) is 0.375. The van der Waals surface area contributed by atoms with Gasteiger partial charge in [-0.2, -0.15) is 10.1 Å². The van der Waals surface area contributed by atoms with E-state index in [2.05, 4.69) is 37.7 Å². The minimum absolute atomic E-state index is 0.0631. The summed E-state index contributed by atoms with van der Waals surface area (Å²) in [5.41, 5.74) is 4.05. The van der Waals surface area contributed by atoms with E-state index in [0.717, 1.165) is 67.0 Å². The molecular formula is C32H37ClN8O2. The zero-order chi connectivity index (χ0) is 29.6. The molecule has 1 saturated carbocycles. The van der Waals surface area contributed by atoms with Crippen LogP contribution in [-0.4, -0.2) is 64.2 Å². The summed E-state index contributed by atoms with van der Waals surface area (Å²) in [5, 5.41) is 11.5. The van der Waals surface area contributed by atoms with E-state index in [1.165, 1.54) is 0 Å². The number of aromatic nitrogens is 4. The summed E-state index contributed by atoms with van der Waals surface area (Å²) in [6.07, 6.45) is 8.99. The minimum Gasteiger partial charge on any atom is -0.378 e. The van der Waals surface area contributed by atoms with Crippen LogP contribution in [0.2, 0.25) is 5.02 Å². The van der Waals surface area contributed by atoms with Crippen LogP contribution in [-0.2, 0) is 18.3 Å². The molecule has 224 valence electrons. The number of hydrogen-bond acceptors (Lipinski definition) is 7. The zero-order valence-corrected chi connectivity index (χ0v) is 25.1. The number of halogens is 1. The lowest BCUT2D eigenvalue weighted by atomic mass is 9.90. The van der Waals surface area contributed by atoms with E-state index in [4.69, 9.17) is 21.3 Å². The topological polar surface area (TPSA) is 100 Å². The van der Waals surface area contributed by atoms with Crippen LogP contribution in [0.1, 0.15) is 31.2 Å². The van der Waals surface area contributed by atoms with Gasteiger partial charge in [0.15, 0.2) is 5.82 Å². The molecule has 2 aromatic carbocycles. The summed E-state index contributed by atoms with van der Waals surface area (Å²) < 4.78 is 7.27. The van der Waals surface area contributed by atoms with E-state index in [1.807, 2.05) is 66.8 Å². The Labute approximate surface area is 257 Å². The molecule has 0 spiro atoms. The van der Waals surface area contributed by atoms with Gasteiger partial charge in [0.1, 0.15) is 5.02 Å². The number of anilines is 3. The van der Waals surface area contributed by atoms with Crippen molar-refractivity contribution in [3.63, 3.8) is 0 Å². The van der Waals surface area contributed by atoms with Gasteiger partial charge in [0.25, 0.3) is 0 Å². The fourth-order valence-electron chi connectivity index (χ4n) is 5.82. The van der Waals surface area contributed by atoms with Crippen molar-refractivity contribution >= 4 is 35.1 Å². The smallest absolute Gasteiger partial charge is 0.322 e. The Morgan fingerprint density at radius 3 is 2.44 bits per heavy atom. The summed E-state index contributed by atoms with van der Waals surface area (Å²) in [4.78, 5) is 27.0. The second-order valence-electron chi connectivity index (χ2n) is 11.1. The molecule has 43 heavy (non-hydrogen) atoms. The number of amides is 2. The Morgan fingerprint density at radius 2 is 1.74 bits per heavy atom. The van der Waals surface area contributed by atoms with Gasteiger partial charge in [-0.05, 0) is 48.9 Å². The highest BCUT2D eigenvalue weighted by Crippen LogP contribution is 2.31. The van der Waals surface area contributed by atoms with Crippen molar-refractivity contribution in [3.05, 3.63) is 83.8 Å². The molecule has 2 N–H and O–H groups in total. The van der Waals surface area contributed by atoms with Crippen LogP contribution < -0.4 is 20.4 Å². The average molecular weight is 601 g/mol. The third kappa shape index (κ3) is 7.09. The number of urea groups is 1. The van der Waals surface area contributed by atoms with Crippen molar-refractivity contribution < 1.29 is 9.53 Å². The number of carbonyl (C=O) groups excluding carboxylic acids is 1. The lowest BCUT2D eigenvalue weighted by molar-refractivity contribution is 0.122. The molecule has 4 aromatic rings. The number of hydrogen-bond donors (Lipinski definition) is 2. The van der Waals surface area contributed by atoms with Gasteiger partial charge < -0.3 is 20.3 Å². The highest BCUT2D eigenvalue weighted by molar-refractivity contribution is 6.32. The first kappa shape index (κ1) is 28.9. The van der Waals surface area contributed by atoms with Crippen LogP contribution in [0.25, 0.3) is 11.1 Å². The molecule has 1 aliphatic heterocycles. The Balaban J connectivity index is 1.14. The molecule has 0 radical (unpaired) electrons. The highest BCUT2D eigenvalue weighted by Gasteiger charge is 2.31. The standard InChI is InChI=1S/C32H37ClN8O2/c1-39-22-25(20-36-39)24-7-11-27(12-8-24)41(32(42)35-19-23-5-3-2-4-6-23)28-13-9-26(10-14-28)37-31-34-21-29(33)30(38-31)40-15-17-43-18-16-40/h2-8,11-12,20-22,26,28H,9-10,13-19H2,1H3,(H,35,42)(H,34,37,38)/t26-,28-. The van der Waals surface area contributed by atoms with Gasteiger partial charge in [-0.1, -0.05) is 54.1 Å². The number of nitrogens with one attached hydrogen (secondary N) is 2. The predicted molar refractivity (Wildman–Crippen MR) is 170 cm³/mol. The molecule has 0 bridgehead atoms. The quantitative estimate of drug-likeness (QED) is 0.275.